The van der Waals surface area contributed by atoms with Gasteiger partial charge in [0, 0.05) is 37.7 Å². The molecule has 1 saturated carbocycles. The Morgan fingerprint density at radius 3 is 2.90 bits per heavy atom. The van der Waals surface area contributed by atoms with Crippen LogP contribution in [0.1, 0.15) is 44.3 Å². The summed E-state index contributed by atoms with van der Waals surface area (Å²) in [6.45, 7) is 4.01. The summed E-state index contributed by atoms with van der Waals surface area (Å²) in [5, 5.41) is 9.82. The van der Waals surface area contributed by atoms with Gasteiger partial charge in [-0.15, -0.1) is 0 Å². The van der Waals surface area contributed by atoms with Crippen molar-refractivity contribution in [2.24, 2.45) is 0 Å². The van der Waals surface area contributed by atoms with Crippen LogP contribution in [0.4, 0.5) is 0 Å². The summed E-state index contributed by atoms with van der Waals surface area (Å²) in [6, 6.07) is 9.58. The summed E-state index contributed by atoms with van der Waals surface area (Å²) in [6.07, 6.45) is 4.79. The molecule has 1 heterocycles. The average molecular weight is 287 g/mol. The predicted molar refractivity (Wildman–Crippen MR) is 85.4 cm³/mol. The number of hydrogen-bond acceptors (Lipinski definition) is 3. The number of ether oxygens (including phenoxy) is 1. The van der Waals surface area contributed by atoms with Gasteiger partial charge in [-0.2, -0.15) is 5.10 Å². The molecule has 1 unspecified atom stereocenters. The van der Waals surface area contributed by atoms with Gasteiger partial charge in [0.25, 0.3) is 0 Å². The van der Waals surface area contributed by atoms with Crippen molar-refractivity contribution in [3.63, 3.8) is 0 Å². The Hall–Kier alpha value is -1.39. The molecule has 0 radical (unpaired) electrons. The zero-order valence-electron chi connectivity index (χ0n) is 13.0. The molecule has 1 aliphatic rings. The van der Waals surface area contributed by atoms with Gasteiger partial charge in [-0.3, -0.25) is 4.68 Å². The Kier molecular flexibility index (Phi) is 4.56. The first kappa shape index (κ1) is 14.5. The first-order valence-electron chi connectivity index (χ1n) is 8.00. The van der Waals surface area contributed by atoms with Crippen LogP contribution in [0, 0.1) is 0 Å². The molecule has 1 N–H and O–H groups in total. The maximum atomic E-state index is 5.12. The number of benzene rings is 1. The number of fused-ring (bicyclic) bond motifs is 1. The molecule has 1 atom stereocenters. The normalized spacial score (nSPS) is 16.5. The first-order chi connectivity index (χ1) is 10.3. The van der Waals surface area contributed by atoms with Gasteiger partial charge >= 0.3 is 0 Å². The summed E-state index contributed by atoms with van der Waals surface area (Å²) in [7, 11) is 1.76. The second kappa shape index (κ2) is 6.58. The molecule has 0 saturated heterocycles. The van der Waals surface area contributed by atoms with Crippen molar-refractivity contribution in [2.75, 3.05) is 13.7 Å². The molecule has 0 bridgehead atoms. The molecular formula is C17H25N3O. The number of aryl methyl sites for hydroxylation is 1. The Bertz CT molecular complexity index is 589. The van der Waals surface area contributed by atoms with E-state index in [1.54, 1.807) is 7.11 Å². The van der Waals surface area contributed by atoms with Crippen molar-refractivity contribution in [1.82, 2.24) is 15.1 Å². The molecule has 0 aliphatic heterocycles. The average Bonchev–Trinajstić information content (AvgIpc) is 3.23. The van der Waals surface area contributed by atoms with Crippen LogP contribution in [0.3, 0.4) is 0 Å². The van der Waals surface area contributed by atoms with Crippen molar-refractivity contribution >= 4 is 10.9 Å². The van der Waals surface area contributed by atoms with E-state index < -0.39 is 0 Å². The molecule has 1 fully saturated rings. The lowest BCUT2D eigenvalue weighted by Crippen LogP contribution is -2.21. The molecule has 0 spiro atoms. The number of unbranched alkanes of at least 4 members (excludes halogenated alkanes) is 1. The van der Waals surface area contributed by atoms with Gasteiger partial charge in [0.15, 0.2) is 0 Å². The highest BCUT2D eigenvalue weighted by atomic mass is 16.5. The number of aromatic nitrogens is 2. The van der Waals surface area contributed by atoms with Crippen molar-refractivity contribution in [3.8, 4) is 0 Å². The van der Waals surface area contributed by atoms with Crippen molar-refractivity contribution < 1.29 is 4.74 Å². The van der Waals surface area contributed by atoms with Gasteiger partial charge in [-0.25, -0.2) is 0 Å². The Morgan fingerprint density at radius 2 is 2.14 bits per heavy atom. The van der Waals surface area contributed by atoms with Crippen LogP contribution in [0.25, 0.3) is 10.9 Å². The van der Waals surface area contributed by atoms with E-state index in [-0.39, 0.29) is 0 Å². The lowest BCUT2D eigenvalue weighted by atomic mass is 10.1. The summed E-state index contributed by atoms with van der Waals surface area (Å²) < 4.78 is 7.28. The molecule has 4 heteroatoms. The zero-order chi connectivity index (χ0) is 14.7. The highest BCUT2D eigenvalue weighted by Gasteiger charge is 2.25. The van der Waals surface area contributed by atoms with Crippen LogP contribution in [0.15, 0.2) is 24.3 Å². The predicted octanol–water partition coefficient (Wildman–Crippen LogP) is 3.28. The van der Waals surface area contributed by atoms with Gasteiger partial charge in [-0.1, -0.05) is 18.2 Å². The second-order valence-corrected chi connectivity index (χ2v) is 5.99. The largest absolute Gasteiger partial charge is 0.385 e. The number of rotatable bonds is 8. The van der Waals surface area contributed by atoms with Gasteiger partial charge in [0.2, 0.25) is 0 Å². The third kappa shape index (κ3) is 3.44. The standard InChI is InChI=1S/C17H25N3O/c1-13(18-14-9-10-14)17-15-7-3-4-8-16(15)20(19-17)11-5-6-12-21-2/h3-4,7-8,13-14,18H,5-6,9-12H2,1-2H3. The first-order valence-corrected chi connectivity index (χ1v) is 8.00. The van der Waals surface area contributed by atoms with E-state index in [1.165, 1.54) is 29.4 Å². The minimum atomic E-state index is 0.322. The molecule has 2 aromatic rings. The Balaban J connectivity index is 1.79. The van der Waals surface area contributed by atoms with E-state index >= 15 is 0 Å². The highest BCUT2D eigenvalue weighted by Crippen LogP contribution is 2.28. The fourth-order valence-corrected chi connectivity index (χ4v) is 2.83. The molecule has 3 rings (SSSR count). The molecule has 1 aliphatic carbocycles. The second-order valence-electron chi connectivity index (χ2n) is 5.99. The molecule has 114 valence electrons. The van der Waals surface area contributed by atoms with E-state index in [0.717, 1.165) is 26.0 Å². The minimum Gasteiger partial charge on any atom is -0.385 e. The van der Waals surface area contributed by atoms with E-state index in [0.29, 0.717) is 12.1 Å². The van der Waals surface area contributed by atoms with E-state index in [1.807, 2.05) is 0 Å². The Morgan fingerprint density at radius 1 is 1.33 bits per heavy atom. The fraction of sp³-hybridized carbons (Fsp3) is 0.588. The molecule has 4 nitrogen and oxygen atoms in total. The molecular weight excluding hydrogens is 262 g/mol. The summed E-state index contributed by atoms with van der Waals surface area (Å²) in [5.74, 6) is 0. The van der Waals surface area contributed by atoms with Gasteiger partial charge in [0.05, 0.1) is 11.2 Å². The minimum absolute atomic E-state index is 0.322. The maximum Gasteiger partial charge on any atom is 0.0869 e. The lowest BCUT2D eigenvalue weighted by Gasteiger charge is -2.10. The van der Waals surface area contributed by atoms with Crippen LogP contribution in [-0.2, 0) is 11.3 Å². The fourth-order valence-electron chi connectivity index (χ4n) is 2.83. The third-order valence-electron chi connectivity index (χ3n) is 4.13. The van der Waals surface area contributed by atoms with Crippen molar-refractivity contribution in [2.45, 2.75) is 51.2 Å². The van der Waals surface area contributed by atoms with E-state index in [4.69, 9.17) is 9.84 Å². The van der Waals surface area contributed by atoms with Crippen LogP contribution < -0.4 is 5.32 Å². The van der Waals surface area contributed by atoms with Gasteiger partial charge in [0.1, 0.15) is 0 Å². The van der Waals surface area contributed by atoms with Crippen LogP contribution >= 0.6 is 0 Å². The smallest absolute Gasteiger partial charge is 0.0869 e. The van der Waals surface area contributed by atoms with Gasteiger partial charge < -0.3 is 10.1 Å². The number of methoxy groups -OCH3 is 1. The summed E-state index contributed by atoms with van der Waals surface area (Å²) in [4.78, 5) is 0. The highest BCUT2D eigenvalue weighted by molar-refractivity contribution is 5.82. The molecule has 21 heavy (non-hydrogen) atoms. The number of nitrogens with zero attached hydrogens (tertiary/aromatic N) is 2. The molecule has 0 amide bonds. The molecule has 1 aromatic carbocycles. The molecule has 1 aromatic heterocycles. The number of para-hydroxylation sites is 1. The third-order valence-corrected chi connectivity index (χ3v) is 4.13. The van der Waals surface area contributed by atoms with Gasteiger partial charge in [-0.05, 0) is 38.7 Å². The summed E-state index contributed by atoms with van der Waals surface area (Å²) >= 11 is 0. The van der Waals surface area contributed by atoms with Crippen molar-refractivity contribution in [1.29, 1.82) is 0 Å². The summed E-state index contributed by atoms with van der Waals surface area (Å²) in [5.41, 5.74) is 2.43. The maximum absolute atomic E-state index is 5.12. The van der Waals surface area contributed by atoms with Crippen LogP contribution in [0.2, 0.25) is 0 Å². The number of nitrogens with one attached hydrogen (secondary N) is 1. The Labute approximate surface area is 126 Å². The van der Waals surface area contributed by atoms with Crippen LogP contribution in [0.5, 0.6) is 0 Å². The quantitative estimate of drug-likeness (QED) is 0.757. The monoisotopic (exact) mass is 287 g/mol. The lowest BCUT2D eigenvalue weighted by molar-refractivity contribution is 0.191. The van der Waals surface area contributed by atoms with Crippen LogP contribution in [-0.4, -0.2) is 29.5 Å². The van der Waals surface area contributed by atoms with Crippen molar-refractivity contribution in [3.05, 3.63) is 30.0 Å². The van der Waals surface area contributed by atoms with E-state index in [2.05, 4.69) is 41.2 Å². The topological polar surface area (TPSA) is 39.1 Å². The SMILES string of the molecule is COCCCCn1nc(C(C)NC2CC2)c2ccccc21. The zero-order valence-corrected chi connectivity index (χ0v) is 13.0. The van der Waals surface area contributed by atoms with E-state index in [9.17, 15) is 0 Å². The number of hydrogen-bond donors (Lipinski definition) is 1.